The summed E-state index contributed by atoms with van der Waals surface area (Å²) in [7, 11) is -1.96. The normalized spacial score (nSPS) is 14.0. The number of ether oxygens (including phenoxy) is 2. The fraction of sp³-hybridized carbons (Fsp3) is 0.333. The van der Waals surface area contributed by atoms with Crippen molar-refractivity contribution in [3.05, 3.63) is 53.1 Å². The summed E-state index contributed by atoms with van der Waals surface area (Å²) in [5.74, 6) is 1.36. The molecule has 0 amide bonds. The van der Waals surface area contributed by atoms with E-state index in [1.807, 2.05) is 44.2 Å². The Bertz CT molecular complexity index is 861. The number of aryl methyl sites for hydroxylation is 2. The molecular weight excluding hydrogens is 326 g/mol. The lowest BCUT2D eigenvalue weighted by Crippen LogP contribution is -2.27. The standard InChI is InChI=1S/C18H21NO4S/c1-13-4-7-18(14(2)10-13)24(20,21)19(3)12-15-5-6-16-17(11-15)23-9-8-22-16/h4-7,10-11H,8-9,12H2,1-3H3. The van der Waals surface area contributed by atoms with Crippen molar-refractivity contribution >= 4 is 10.0 Å². The van der Waals surface area contributed by atoms with Gasteiger partial charge in [-0.3, -0.25) is 0 Å². The lowest BCUT2D eigenvalue weighted by molar-refractivity contribution is 0.171. The van der Waals surface area contributed by atoms with E-state index in [0.29, 0.717) is 29.6 Å². The predicted molar refractivity (Wildman–Crippen MR) is 92.0 cm³/mol. The molecule has 6 heteroatoms. The molecule has 0 aliphatic carbocycles. The van der Waals surface area contributed by atoms with Crippen molar-refractivity contribution < 1.29 is 17.9 Å². The summed E-state index contributed by atoms with van der Waals surface area (Å²) in [6.07, 6.45) is 0. The molecule has 0 fully saturated rings. The molecule has 2 aromatic carbocycles. The largest absolute Gasteiger partial charge is 0.486 e. The van der Waals surface area contributed by atoms with E-state index in [1.54, 1.807) is 13.1 Å². The van der Waals surface area contributed by atoms with Crippen LogP contribution >= 0.6 is 0 Å². The number of sulfonamides is 1. The van der Waals surface area contributed by atoms with Crippen LogP contribution in [-0.2, 0) is 16.6 Å². The first-order valence-electron chi connectivity index (χ1n) is 7.80. The van der Waals surface area contributed by atoms with E-state index < -0.39 is 10.0 Å². The highest BCUT2D eigenvalue weighted by Crippen LogP contribution is 2.31. The Morgan fingerprint density at radius 1 is 1.00 bits per heavy atom. The van der Waals surface area contributed by atoms with E-state index >= 15 is 0 Å². The molecule has 0 radical (unpaired) electrons. The zero-order valence-electron chi connectivity index (χ0n) is 14.1. The average molecular weight is 347 g/mol. The maximum Gasteiger partial charge on any atom is 0.243 e. The number of fused-ring (bicyclic) bond motifs is 1. The monoisotopic (exact) mass is 347 g/mol. The molecule has 128 valence electrons. The molecule has 3 rings (SSSR count). The first kappa shape index (κ1) is 16.8. The van der Waals surface area contributed by atoms with Crippen LogP contribution in [0.15, 0.2) is 41.3 Å². The second kappa shape index (κ2) is 6.45. The lowest BCUT2D eigenvalue weighted by atomic mass is 10.2. The van der Waals surface area contributed by atoms with E-state index in [0.717, 1.165) is 16.7 Å². The molecule has 24 heavy (non-hydrogen) atoms. The van der Waals surface area contributed by atoms with E-state index in [4.69, 9.17) is 9.47 Å². The fourth-order valence-electron chi connectivity index (χ4n) is 2.78. The molecule has 0 atom stereocenters. The van der Waals surface area contributed by atoms with Gasteiger partial charge in [-0.1, -0.05) is 23.8 Å². The molecule has 0 N–H and O–H groups in total. The molecule has 0 saturated carbocycles. The van der Waals surface area contributed by atoms with E-state index in [9.17, 15) is 8.42 Å². The van der Waals surface area contributed by atoms with Gasteiger partial charge in [-0.25, -0.2) is 8.42 Å². The first-order chi connectivity index (χ1) is 11.4. The van der Waals surface area contributed by atoms with E-state index in [1.165, 1.54) is 4.31 Å². The van der Waals surface area contributed by atoms with Gasteiger partial charge in [-0.15, -0.1) is 0 Å². The average Bonchev–Trinajstić information content (AvgIpc) is 2.54. The van der Waals surface area contributed by atoms with Crippen LogP contribution < -0.4 is 9.47 Å². The molecule has 0 aromatic heterocycles. The summed E-state index contributed by atoms with van der Waals surface area (Å²) in [6, 6.07) is 10.9. The Morgan fingerprint density at radius 3 is 2.42 bits per heavy atom. The van der Waals surface area contributed by atoms with Crippen molar-refractivity contribution in [1.82, 2.24) is 4.31 Å². The Kier molecular flexibility index (Phi) is 4.51. The quantitative estimate of drug-likeness (QED) is 0.853. The maximum absolute atomic E-state index is 12.8. The summed E-state index contributed by atoms with van der Waals surface area (Å²) < 4.78 is 38.1. The number of hydrogen-bond donors (Lipinski definition) is 0. The van der Waals surface area contributed by atoms with Gasteiger partial charge in [0.2, 0.25) is 10.0 Å². The molecular formula is C18H21NO4S. The van der Waals surface area contributed by atoms with Crippen molar-refractivity contribution in [3.8, 4) is 11.5 Å². The van der Waals surface area contributed by atoms with Gasteiger partial charge >= 0.3 is 0 Å². The predicted octanol–water partition coefficient (Wildman–Crippen LogP) is 2.90. The number of nitrogens with zero attached hydrogens (tertiary/aromatic N) is 1. The van der Waals surface area contributed by atoms with Gasteiger partial charge in [-0.2, -0.15) is 4.31 Å². The van der Waals surface area contributed by atoms with Crippen molar-refractivity contribution in [2.75, 3.05) is 20.3 Å². The molecule has 1 aliphatic heterocycles. The van der Waals surface area contributed by atoms with E-state index in [-0.39, 0.29) is 6.54 Å². The van der Waals surface area contributed by atoms with Gasteiger partial charge in [0.05, 0.1) is 4.90 Å². The van der Waals surface area contributed by atoms with Crippen LogP contribution in [0, 0.1) is 13.8 Å². The zero-order valence-corrected chi connectivity index (χ0v) is 14.9. The van der Waals surface area contributed by atoms with Crippen LogP contribution in [0.2, 0.25) is 0 Å². The van der Waals surface area contributed by atoms with Crippen LogP contribution in [0.25, 0.3) is 0 Å². The number of benzene rings is 2. The molecule has 5 nitrogen and oxygen atoms in total. The molecule has 1 heterocycles. The zero-order chi connectivity index (χ0) is 17.3. The van der Waals surface area contributed by atoms with Gasteiger partial charge in [-0.05, 0) is 43.2 Å². The van der Waals surface area contributed by atoms with E-state index in [2.05, 4.69) is 0 Å². The third-order valence-corrected chi connectivity index (χ3v) is 5.99. The fourth-order valence-corrected chi connectivity index (χ4v) is 4.15. The SMILES string of the molecule is Cc1ccc(S(=O)(=O)N(C)Cc2ccc3c(c2)OCCO3)c(C)c1. The first-order valence-corrected chi connectivity index (χ1v) is 9.24. The van der Waals surface area contributed by atoms with Gasteiger partial charge in [0.25, 0.3) is 0 Å². The van der Waals surface area contributed by atoms with Crippen LogP contribution in [0.4, 0.5) is 0 Å². The Morgan fingerprint density at radius 2 is 1.71 bits per heavy atom. The smallest absolute Gasteiger partial charge is 0.243 e. The molecule has 0 saturated heterocycles. The third kappa shape index (κ3) is 3.25. The molecule has 2 aromatic rings. The molecule has 0 spiro atoms. The van der Waals surface area contributed by atoms with Gasteiger partial charge < -0.3 is 9.47 Å². The summed E-state index contributed by atoms with van der Waals surface area (Å²) in [5.41, 5.74) is 2.65. The van der Waals surface area contributed by atoms with Crippen LogP contribution in [-0.4, -0.2) is 33.0 Å². The van der Waals surface area contributed by atoms with Crippen molar-refractivity contribution in [2.24, 2.45) is 0 Å². The number of rotatable bonds is 4. The van der Waals surface area contributed by atoms with Crippen LogP contribution in [0.5, 0.6) is 11.5 Å². The van der Waals surface area contributed by atoms with Crippen molar-refractivity contribution in [3.63, 3.8) is 0 Å². The minimum Gasteiger partial charge on any atom is -0.486 e. The lowest BCUT2D eigenvalue weighted by Gasteiger charge is -2.21. The summed E-state index contributed by atoms with van der Waals surface area (Å²) in [6.45, 7) is 5.08. The minimum atomic E-state index is -3.54. The highest BCUT2D eigenvalue weighted by atomic mass is 32.2. The van der Waals surface area contributed by atoms with Crippen LogP contribution in [0.3, 0.4) is 0 Å². The Hall–Kier alpha value is -2.05. The Labute approximate surface area is 142 Å². The summed E-state index contributed by atoms with van der Waals surface area (Å²) >= 11 is 0. The van der Waals surface area contributed by atoms with Gasteiger partial charge in [0.1, 0.15) is 13.2 Å². The summed E-state index contributed by atoms with van der Waals surface area (Å²) in [4.78, 5) is 0.341. The minimum absolute atomic E-state index is 0.270. The molecule has 0 unspecified atom stereocenters. The topological polar surface area (TPSA) is 55.8 Å². The van der Waals surface area contributed by atoms with Crippen molar-refractivity contribution in [1.29, 1.82) is 0 Å². The van der Waals surface area contributed by atoms with Crippen LogP contribution in [0.1, 0.15) is 16.7 Å². The van der Waals surface area contributed by atoms with Gasteiger partial charge in [0.15, 0.2) is 11.5 Å². The maximum atomic E-state index is 12.8. The molecule has 0 bridgehead atoms. The second-order valence-electron chi connectivity index (χ2n) is 6.01. The Balaban J connectivity index is 1.84. The highest BCUT2D eigenvalue weighted by Gasteiger charge is 2.23. The second-order valence-corrected chi connectivity index (χ2v) is 8.02. The third-order valence-electron chi connectivity index (χ3n) is 4.03. The highest BCUT2D eigenvalue weighted by molar-refractivity contribution is 7.89. The van der Waals surface area contributed by atoms with Crippen molar-refractivity contribution in [2.45, 2.75) is 25.3 Å². The number of hydrogen-bond acceptors (Lipinski definition) is 4. The summed E-state index contributed by atoms with van der Waals surface area (Å²) in [5, 5.41) is 0. The molecule has 1 aliphatic rings. The van der Waals surface area contributed by atoms with Gasteiger partial charge in [0, 0.05) is 13.6 Å².